The Morgan fingerprint density at radius 3 is 2.30 bits per heavy atom. The van der Waals surface area contributed by atoms with Crippen LogP contribution in [-0.2, 0) is 24.3 Å². The molecule has 40 heavy (non-hydrogen) atoms. The van der Waals surface area contributed by atoms with Gasteiger partial charge in [-0.1, -0.05) is 13.8 Å². The maximum absolute atomic E-state index is 13.1. The molecule has 3 heterocycles. The number of ether oxygens (including phenoxy) is 2. The SMILES string of the molecule is CCOC(=O)c1c(-c2ccc(C)o2)csc1NC(=O)COC(=O)c1ccc(S(=O)(=O)N2C[C@H](C)C[C@H](C)C2)cc1. The van der Waals surface area contributed by atoms with Crippen LogP contribution in [-0.4, -0.2) is 56.9 Å². The van der Waals surface area contributed by atoms with Gasteiger partial charge in [0.25, 0.3) is 5.91 Å². The van der Waals surface area contributed by atoms with E-state index in [-0.39, 0.29) is 39.5 Å². The van der Waals surface area contributed by atoms with Crippen LogP contribution in [0.1, 0.15) is 53.7 Å². The van der Waals surface area contributed by atoms with Gasteiger partial charge in [0.05, 0.1) is 17.1 Å². The third-order valence-electron chi connectivity index (χ3n) is 6.43. The zero-order valence-corrected chi connectivity index (χ0v) is 24.4. The van der Waals surface area contributed by atoms with Crippen LogP contribution in [0.25, 0.3) is 11.3 Å². The van der Waals surface area contributed by atoms with Crippen LogP contribution < -0.4 is 5.32 Å². The summed E-state index contributed by atoms with van der Waals surface area (Å²) in [5.74, 6) is -0.417. The molecule has 3 aromatic rings. The van der Waals surface area contributed by atoms with Gasteiger partial charge in [0.15, 0.2) is 6.61 Å². The largest absolute Gasteiger partial charge is 0.462 e. The topological polar surface area (TPSA) is 132 Å². The molecular formula is C28H32N2O8S2. The van der Waals surface area contributed by atoms with Crippen LogP contribution >= 0.6 is 11.3 Å². The van der Waals surface area contributed by atoms with Gasteiger partial charge in [-0.2, -0.15) is 4.31 Å². The summed E-state index contributed by atoms with van der Waals surface area (Å²) >= 11 is 1.11. The zero-order chi connectivity index (χ0) is 29.0. The first-order chi connectivity index (χ1) is 19.0. The summed E-state index contributed by atoms with van der Waals surface area (Å²) in [6, 6.07) is 8.93. The molecule has 0 spiro atoms. The van der Waals surface area contributed by atoms with E-state index >= 15 is 0 Å². The summed E-state index contributed by atoms with van der Waals surface area (Å²) in [6.45, 7) is 7.95. The molecule has 0 aliphatic carbocycles. The Hall–Kier alpha value is -3.48. The molecule has 1 aliphatic heterocycles. The number of amides is 1. The molecule has 10 nitrogen and oxygen atoms in total. The fraction of sp³-hybridized carbons (Fsp3) is 0.393. The highest BCUT2D eigenvalue weighted by Gasteiger charge is 2.32. The van der Waals surface area contributed by atoms with Crippen LogP contribution in [0, 0.1) is 18.8 Å². The lowest BCUT2D eigenvalue weighted by Crippen LogP contribution is -2.42. The summed E-state index contributed by atoms with van der Waals surface area (Å²) in [4.78, 5) is 37.9. The third-order valence-corrected chi connectivity index (χ3v) is 9.17. The Kier molecular flexibility index (Phi) is 9.12. The zero-order valence-electron chi connectivity index (χ0n) is 22.8. The van der Waals surface area contributed by atoms with Crippen molar-refractivity contribution in [2.45, 2.75) is 39.0 Å². The van der Waals surface area contributed by atoms with Crippen molar-refractivity contribution in [1.29, 1.82) is 0 Å². The van der Waals surface area contributed by atoms with E-state index in [1.165, 1.54) is 28.6 Å². The predicted octanol–water partition coefficient (Wildman–Crippen LogP) is 4.96. The minimum atomic E-state index is -3.69. The molecular weight excluding hydrogens is 556 g/mol. The van der Waals surface area contributed by atoms with E-state index in [1.54, 1.807) is 31.4 Å². The van der Waals surface area contributed by atoms with Crippen molar-refractivity contribution in [3.8, 4) is 11.3 Å². The first-order valence-corrected chi connectivity index (χ1v) is 15.2. The van der Waals surface area contributed by atoms with E-state index in [0.29, 0.717) is 30.2 Å². The Labute approximate surface area is 237 Å². The van der Waals surface area contributed by atoms with Gasteiger partial charge in [-0.15, -0.1) is 11.3 Å². The molecule has 2 atom stereocenters. The highest BCUT2D eigenvalue weighted by molar-refractivity contribution is 7.89. The number of carbonyl (C=O) groups is 3. The molecule has 1 N–H and O–H groups in total. The maximum atomic E-state index is 13.1. The second-order valence-electron chi connectivity index (χ2n) is 9.90. The van der Waals surface area contributed by atoms with Crippen molar-refractivity contribution in [3.05, 3.63) is 58.7 Å². The summed E-state index contributed by atoms with van der Waals surface area (Å²) in [6.07, 6.45) is 0.978. The average Bonchev–Trinajstić information content (AvgIpc) is 3.52. The summed E-state index contributed by atoms with van der Waals surface area (Å²) in [5.41, 5.74) is 0.730. The Morgan fingerprint density at radius 2 is 1.70 bits per heavy atom. The van der Waals surface area contributed by atoms with E-state index in [2.05, 4.69) is 5.32 Å². The quantitative estimate of drug-likeness (QED) is 0.347. The van der Waals surface area contributed by atoms with Gasteiger partial charge >= 0.3 is 11.9 Å². The number of piperidine rings is 1. The fourth-order valence-corrected chi connectivity index (χ4v) is 7.34. The number of aryl methyl sites for hydroxylation is 1. The number of nitrogens with one attached hydrogen (secondary N) is 1. The number of benzene rings is 1. The minimum Gasteiger partial charge on any atom is -0.462 e. The summed E-state index contributed by atoms with van der Waals surface area (Å²) < 4.78 is 43.6. The molecule has 0 unspecified atom stereocenters. The second-order valence-corrected chi connectivity index (χ2v) is 12.7. The monoisotopic (exact) mass is 588 g/mol. The van der Waals surface area contributed by atoms with E-state index in [9.17, 15) is 22.8 Å². The normalized spacial score (nSPS) is 17.8. The Bertz CT molecular complexity index is 1480. The van der Waals surface area contributed by atoms with Gasteiger partial charge in [-0.05, 0) is 68.5 Å². The van der Waals surface area contributed by atoms with E-state index in [1.807, 2.05) is 13.8 Å². The lowest BCUT2D eigenvalue weighted by molar-refractivity contribution is -0.119. The van der Waals surface area contributed by atoms with Gasteiger partial charge in [-0.3, -0.25) is 4.79 Å². The van der Waals surface area contributed by atoms with Crippen LogP contribution in [0.4, 0.5) is 5.00 Å². The van der Waals surface area contributed by atoms with Crippen molar-refractivity contribution < 1.29 is 36.7 Å². The van der Waals surface area contributed by atoms with Crippen molar-refractivity contribution in [2.75, 3.05) is 31.6 Å². The number of furan rings is 1. The smallest absolute Gasteiger partial charge is 0.341 e. The maximum Gasteiger partial charge on any atom is 0.341 e. The molecule has 1 amide bonds. The lowest BCUT2D eigenvalue weighted by atomic mass is 9.94. The average molecular weight is 589 g/mol. The molecule has 0 saturated carbocycles. The number of carbonyl (C=O) groups excluding carboxylic acids is 3. The molecule has 1 aliphatic rings. The van der Waals surface area contributed by atoms with Crippen molar-refractivity contribution in [3.63, 3.8) is 0 Å². The molecule has 1 saturated heterocycles. The summed E-state index contributed by atoms with van der Waals surface area (Å²) in [7, 11) is -3.69. The highest BCUT2D eigenvalue weighted by Crippen LogP contribution is 2.37. The highest BCUT2D eigenvalue weighted by atomic mass is 32.2. The van der Waals surface area contributed by atoms with Crippen molar-refractivity contribution >= 4 is 44.2 Å². The Balaban J connectivity index is 1.40. The fourth-order valence-electron chi connectivity index (χ4n) is 4.71. The molecule has 0 radical (unpaired) electrons. The summed E-state index contributed by atoms with van der Waals surface area (Å²) in [5, 5.41) is 4.51. The predicted molar refractivity (Wildman–Crippen MR) is 150 cm³/mol. The van der Waals surface area contributed by atoms with Gasteiger partial charge in [0.2, 0.25) is 10.0 Å². The van der Waals surface area contributed by atoms with Gasteiger partial charge in [0.1, 0.15) is 22.1 Å². The number of hydrogen-bond acceptors (Lipinski definition) is 9. The van der Waals surface area contributed by atoms with Gasteiger partial charge in [-0.25, -0.2) is 18.0 Å². The number of thiophene rings is 1. The Morgan fingerprint density at radius 1 is 1.02 bits per heavy atom. The second kappa shape index (κ2) is 12.4. The van der Waals surface area contributed by atoms with E-state index < -0.39 is 34.5 Å². The molecule has 1 fully saturated rings. The molecule has 12 heteroatoms. The van der Waals surface area contributed by atoms with Crippen molar-refractivity contribution in [1.82, 2.24) is 4.31 Å². The number of rotatable bonds is 9. The van der Waals surface area contributed by atoms with E-state index in [4.69, 9.17) is 13.9 Å². The minimum absolute atomic E-state index is 0.0924. The molecule has 1 aromatic carbocycles. The number of esters is 2. The molecule has 2 aromatic heterocycles. The van der Waals surface area contributed by atoms with Crippen LogP contribution in [0.15, 0.2) is 51.1 Å². The number of nitrogens with zero attached hydrogens (tertiary/aromatic N) is 1. The lowest BCUT2D eigenvalue weighted by Gasteiger charge is -2.34. The van der Waals surface area contributed by atoms with E-state index in [0.717, 1.165) is 17.8 Å². The number of hydrogen-bond donors (Lipinski definition) is 1. The van der Waals surface area contributed by atoms with Crippen LogP contribution in [0.5, 0.6) is 0 Å². The van der Waals surface area contributed by atoms with Crippen molar-refractivity contribution in [2.24, 2.45) is 11.8 Å². The first kappa shape index (κ1) is 29.5. The number of sulfonamides is 1. The van der Waals surface area contributed by atoms with Crippen LogP contribution in [0.3, 0.4) is 0 Å². The number of anilines is 1. The first-order valence-electron chi connectivity index (χ1n) is 12.9. The molecule has 214 valence electrons. The standard InChI is InChI=1S/C28H32N2O8S2/c1-5-36-28(33)25-22(23-11-6-19(4)38-23)16-39-26(25)29-24(31)15-37-27(32)20-7-9-21(10-8-20)40(34,35)30-13-17(2)12-18(3)14-30/h6-11,16-18H,5,12-15H2,1-4H3,(H,29,31)/t17-,18+. The van der Waals surface area contributed by atoms with Crippen LogP contribution in [0.2, 0.25) is 0 Å². The third kappa shape index (κ3) is 6.62. The molecule has 0 bridgehead atoms. The van der Waals surface area contributed by atoms with Gasteiger partial charge in [0, 0.05) is 24.0 Å². The van der Waals surface area contributed by atoms with Gasteiger partial charge < -0.3 is 19.2 Å². The molecule has 4 rings (SSSR count).